The fraction of sp³-hybridized carbons (Fsp3) is 0.639. The molecule has 3 aliphatic heterocycles. The van der Waals surface area contributed by atoms with Crippen molar-refractivity contribution in [2.45, 2.75) is 132 Å². The van der Waals surface area contributed by atoms with Gasteiger partial charge in [0.05, 0.1) is 11.8 Å². The van der Waals surface area contributed by atoms with Crippen molar-refractivity contribution in [2.24, 2.45) is 5.92 Å². The van der Waals surface area contributed by atoms with Crippen molar-refractivity contribution >= 4 is 39.9 Å². The second-order valence-corrected chi connectivity index (χ2v) is 17.0. The third-order valence-corrected chi connectivity index (χ3v) is 13.0. The summed E-state index contributed by atoms with van der Waals surface area (Å²) in [5.74, 6) is -2.34. The van der Waals surface area contributed by atoms with E-state index in [9.17, 15) is 32.4 Å². The van der Waals surface area contributed by atoms with E-state index in [0.717, 1.165) is 49.7 Å². The minimum absolute atomic E-state index is 0.0241. The molecular weight excluding hydrogens is 676 g/mol. The Hall–Kier alpha value is -4.14. The van der Waals surface area contributed by atoms with E-state index in [-0.39, 0.29) is 25.4 Å². The highest BCUT2D eigenvalue weighted by Crippen LogP contribution is 2.46. The molecule has 14 nitrogen and oxygen atoms in total. The lowest BCUT2D eigenvalue weighted by Crippen LogP contribution is -2.59. The molecule has 51 heavy (non-hydrogen) atoms. The molecule has 15 heteroatoms. The van der Waals surface area contributed by atoms with E-state index in [1.54, 1.807) is 4.90 Å². The maximum Gasteiger partial charge on any atom is 0.410 e. The third-order valence-electron chi connectivity index (χ3n) is 11.2. The van der Waals surface area contributed by atoms with E-state index < -0.39 is 74.8 Å². The minimum atomic E-state index is -3.88. The number of rotatable bonds is 6. The Labute approximate surface area is 298 Å². The van der Waals surface area contributed by atoms with Crippen molar-refractivity contribution in [3.05, 3.63) is 47.5 Å². The summed E-state index contributed by atoms with van der Waals surface area (Å²) < 4.78 is 33.7. The van der Waals surface area contributed by atoms with Gasteiger partial charge in [-0.1, -0.05) is 62.1 Å². The zero-order valence-corrected chi connectivity index (χ0v) is 29.6. The molecule has 1 aromatic carbocycles. The van der Waals surface area contributed by atoms with Crippen molar-refractivity contribution in [3.8, 4) is 0 Å². The number of urea groups is 1. The number of benzene rings is 1. The van der Waals surface area contributed by atoms with Crippen LogP contribution in [0, 0.1) is 5.92 Å². The number of nitrogens with one attached hydrogen (secondary N) is 4. The molecule has 6 amide bonds. The first-order valence-corrected chi connectivity index (χ1v) is 20.0. The van der Waals surface area contributed by atoms with Crippen LogP contribution in [0.4, 0.5) is 9.59 Å². The minimum Gasteiger partial charge on any atom is -0.444 e. The molecular formula is C36H48N6O8S. The lowest BCUT2D eigenvalue weighted by Gasteiger charge is -2.30. The second-order valence-electron chi connectivity index (χ2n) is 15.0. The lowest BCUT2D eigenvalue weighted by molar-refractivity contribution is -0.141. The highest BCUT2D eigenvalue weighted by molar-refractivity contribution is 7.91. The molecule has 1 saturated heterocycles. The number of sulfonamides is 1. The molecule has 6 aliphatic rings. The van der Waals surface area contributed by atoms with Gasteiger partial charge in [-0.2, -0.15) is 0 Å². The van der Waals surface area contributed by atoms with Gasteiger partial charge in [-0.3, -0.25) is 24.0 Å². The van der Waals surface area contributed by atoms with Gasteiger partial charge in [-0.05, 0) is 62.5 Å². The van der Waals surface area contributed by atoms with Crippen molar-refractivity contribution in [1.82, 2.24) is 30.5 Å². The van der Waals surface area contributed by atoms with Crippen LogP contribution in [0.3, 0.4) is 0 Å². The molecule has 3 aliphatic carbocycles. The summed E-state index contributed by atoms with van der Waals surface area (Å²) in [5.41, 5.74) is 0.542. The first-order chi connectivity index (χ1) is 24.5. The zero-order valence-electron chi connectivity index (χ0n) is 28.8. The Morgan fingerprint density at radius 1 is 0.902 bits per heavy atom. The highest BCUT2D eigenvalue weighted by Gasteiger charge is 2.62. The highest BCUT2D eigenvalue weighted by atomic mass is 32.2. The fourth-order valence-corrected chi connectivity index (χ4v) is 9.35. The molecule has 3 heterocycles. The molecule has 0 bridgehead atoms. The number of hydrogen-bond donors (Lipinski definition) is 4. The normalized spacial score (nSPS) is 30.5. The number of carbonyl (C=O) groups is 5. The molecule has 5 atom stereocenters. The van der Waals surface area contributed by atoms with Crippen molar-refractivity contribution in [3.63, 3.8) is 0 Å². The largest absolute Gasteiger partial charge is 0.444 e. The number of allylic oxidation sites excluding steroid dienone is 1. The molecule has 0 spiro atoms. The van der Waals surface area contributed by atoms with Gasteiger partial charge >= 0.3 is 12.1 Å². The second kappa shape index (κ2) is 14.5. The van der Waals surface area contributed by atoms with E-state index in [1.807, 2.05) is 36.4 Å². The van der Waals surface area contributed by atoms with Crippen LogP contribution in [0.5, 0.6) is 0 Å². The van der Waals surface area contributed by atoms with E-state index in [2.05, 4.69) is 20.7 Å². The monoisotopic (exact) mass is 724 g/mol. The van der Waals surface area contributed by atoms with E-state index >= 15 is 0 Å². The molecule has 4 fully saturated rings. The molecule has 0 radical (unpaired) electrons. The first kappa shape index (κ1) is 35.3. The molecule has 1 aromatic rings. The Morgan fingerprint density at radius 3 is 2.31 bits per heavy atom. The number of amides is 6. The summed E-state index contributed by atoms with van der Waals surface area (Å²) in [6.45, 7) is 0.684. The number of nitrogens with zero attached hydrogens (tertiary/aromatic N) is 2. The van der Waals surface area contributed by atoms with Gasteiger partial charge in [0.15, 0.2) is 0 Å². The molecule has 3 saturated carbocycles. The summed E-state index contributed by atoms with van der Waals surface area (Å²) in [5, 5.41) is 8.08. The topological polar surface area (TPSA) is 183 Å². The predicted molar refractivity (Wildman–Crippen MR) is 185 cm³/mol. The zero-order chi connectivity index (χ0) is 35.8. The van der Waals surface area contributed by atoms with Gasteiger partial charge in [-0.25, -0.2) is 18.0 Å². The molecule has 7 rings (SSSR count). The predicted octanol–water partition coefficient (Wildman–Crippen LogP) is 2.72. The van der Waals surface area contributed by atoms with Crippen LogP contribution in [-0.2, 0) is 42.2 Å². The van der Waals surface area contributed by atoms with Gasteiger partial charge in [0.2, 0.25) is 21.8 Å². The van der Waals surface area contributed by atoms with Crippen molar-refractivity contribution in [1.29, 1.82) is 0 Å². The summed E-state index contributed by atoms with van der Waals surface area (Å²) in [6, 6.07) is 5.27. The average molecular weight is 725 g/mol. The first-order valence-electron chi connectivity index (χ1n) is 18.5. The molecule has 4 N–H and O–H groups in total. The maximum absolute atomic E-state index is 14.4. The van der Waals surface area contributed by atoms with Gasteiger partial charge in [0, 0.05) is 31.5 Å². The number of carbonyl (C=O) groups excluding carboxylic acids is 5. The van der Waals surface area contributed by atoms with Gasteiger partial charge in [0.25, 0.3) is 5.91 Å². The van der Waals surface area contributed by atoms with E-state index in [1.165, 1.54) is 4.90 Å². The summed E-state index contributed by atoms with van der Waals surface area (Å²) in [7, 11) is -3.88. The van der Waals surface area contributed by atoms with Crippen molar-refractivity contribution < 1.29 is 37.1 Å². The van der Waals surface area contributed by atoms with E-state index in [0.29, 0.717) is 45.2 Å². The Balaban J connectivity index is 1.12. The number of ether oxygens (including phenoxy) is 1. The number of fused-ring (bicyclic) bond motifs is 3. The van der Waals surface area contributed by atoms with Crippen LogP contribution in [0.25, 0.3) is 0 Å². The van der Waals surface area contributed by atoms with E-state index in [4.69, 9.17) is 4.74 Å². The Bertz CT molecular complexity index is 1670. The SMILES string of the molecule is O=C(NC1CCCC1)N[C@H]1CCCCC/C=C\[C@H]2C[C@@]2(C(=O)NS(=O)(=O)C2CC2)NC(=O)[C@@H]2C[C@@H](OC(=O)N3Cc4ccccc4C3)CN2C1=O. The van der Waals surface area contributed by atoms with Crippen LogP contribution < -0.4 is 20.7 Å². The van der Waals surface area contributed by atoms with Crippen LogP contribution in [-0.4, -0.2) is 89.6 Å². The van der Waals surface area contributed by atoms with Gasteiger partial charge < -0.3 is 25.6 Å². The summed E-state index contributed by atoms with van der Waals surface area (Å²) in [4.78, 5) is 71.6. The standard InChI is InChI=1S/C36H48N6O8S/c43-31-30-18-27(50-35(47)41-20-23-10-6-7-11-24(23)21-41)22-42(30)32(44)29(38-34(46)37-26-13-8-9-14-26)15-5-3-1-2-4-12-25-19-36(25,39-31)33(45)40-51(48,49)28-16-17-28/h4,6-7,10-12,25-30H,1-3,5,8-9,13-22H2,(H,39,43)(H,40,45)(H2,37,38,46)/b12-4-/t25-,27+,29-,30-,36+/m0/s1. The quantitative estimate of drug-likeness (QED) is 0.323. The van der Waals surface area contributed by atoms with Crippen LogP contribution in [0.15, 0.2) is 36.4 Å². The van der Waals surface area contributed by atoms with Crippen LogP contribution in [0.1, 0.15) is 94.6 Å². The van der Waals surface area contributed by atoms with Gasteiger partial charge in [0.1, 0.15) is 23.7 Å². The molecule has 0 aromatic heterocycles. The summed E-state index contributed by atoms with van der Waals surface area (Å²) >= 11 is 0. The Kier molecular flexibility index (Phi) is 10.0. The van der Waals surface area contributed by atoms with Crippen molar-refractivity contribution in [2.75, 3.05) is 6.54 Å². The average Bonchev–Trinajstić information content (AvgIpc) is 3.88. The number of hydrogen-bond acceptors (Lipinski definition) is 8. The Morgan fingerprint density at radius 2 is 1.61 bits per heavy atom. The summed E-state index contributed by atoms with van der Waals surface area (Å²) in [6.07, 6.45) is 10.7. The maximum atomic E-state index is 14.4. The smallest absolute Gasteiger partial charge is 0.410 e. The van der Waals surface area contributed by atoms with Crippen LogP contribution in [0.2, 0.25) is 0 Å². The fourth-order valence-electron chi connectivity index (χ4n) is 7.98. The third kappa shape index (κ3) is 7.87. The van der Waals surface area contributed by atoms with Gasteiger partial charge in [-0.15, -0.1) is 0 Å². The van der Waals surface area contributed by atoms with Crippen LogP contribution >= 0.6 is 0 Å². The lowest BCUT2D eigenvalue weighted by atomic mass is 10.0. The molecule has 276 valence electrons. The molecule has 0 unspecified atom stereocenters.